The minimum atomic E-state index is -0.259. The smallest absolute Gasteiger partial charge is 0.338 e. The lowest BCUT2D eigenvalue weighted by Crippen LogP contribution is -2.49. The summed E-state index contributed by atoms with van der Waals surface area (Å²) in [4.78, 5) is 14.9. The van der Waals surface area contributed by atoms with E-state index in [4.69, 9.17) is 9.26 Å². The first-order valence-corrected chi connectivity index (χ1v) is 8.54. The highest BCUT2D eigenvalue weighted by Gasteiger charge is 2.49. The molecule has 126 valence electrons. The zero-order valence-corrected chi connectivity index (χ0v) is 14.0. The highest BCUT2D eigenvalue weighted by Crippen LogP contribution is 2.44. The lowest BCUT2D eigenvalue weighted by Gasteiger charge is -2.41. The Bertz CT molecular complexity index is 727. The number of hydrogen-bond donors (Lipinski definition) is 0. The SMILES string of the molecule is Cc1cc(C2C3CC[C@H](C[C@@H]2OC(=O)c2ccccc2)N3C)on1. The zero-order valence-electron chi connectivity index (χ0n) is 14.0. The van der Waals surface area contributed by atoms with Gasteiger partial charge in [0.05, 0.1) is 17.2 Å². The van der Waals surface area contributed by atoms with Crippen molar-refractivity contribution in [2.45, 2.75) is 50.3 Å². The third-order valence-electron chi connectivity index (χ3n) is 5.46. The summed E-state index contributed by atoms with van der Waals surface area (Å²) in [5.74, 6) is 0.615. The molecule has 2 bridgehead atoms. The van der Waals surface area contributed by atoms with Gasteiger partial charge in [0.15, 0.2) is 0 Å². The van der Waals surface area contributed by atoms with Crippen LogP contribution in [-0.2, 0) is 4.74 Å². The van der Waals surface area contributed by atoms with E-state index < -0.39 is 0 Å². The van der Waals surface area contributed by atoms with Gasteiger partial charge >= 0.3 is 5.97 Å². The summed E-state index contributed by atoms with van der Waals surface area (Å²) in [5, 5.41) is 4.04. The highest BCUT2D eigenvalue weighted by atomic mass is 16.5. The van der Waals surface area contributed by atoms with Gasteiger partial charge in [-0.3, -0.25) is 4.90 Å². The molecule has 3 heterocycles. The van der Waals surface area contributed by atoms with Crippen LogP contribution in [0, 0.1) is 6.92 Å². The Hall–Kier alpha value is -2.14. The molecule has 2 aromatic rings. The molecule has 2 aliphatic heterocycles. The average Bonchev–Trinajstić information content (AvgIpc) is 3.10. The highest BCUT2D eigenvalue weighted by molar-refractivity contribution is 5.89. The number of carbonyl (C=O) groups excluding carboxylic acids is 1. The van der Waals surface area contributed by atoms with Gasteiger partial charge in [-0.2, -0.15) is 0 Å². The molecule has 0 aliphatic carbocycles. The summed E-state index contributed by atoms with van der Waals surface area (Å²) in [6, 6.07) is 12.0. The van der Waals surface area contributed by atoms with Crippen LogP contribution < -0.4 is 0 Å². The molecule has 2 unspecified atom stereocenters. The molecule has 5 heteroatoms. The molecule has 4 atom stereocenters. The van der Waals surface area contributed by atoms with Crippen LogP contribution in [-0.4, -0.2) is 41.3 Å². The van der Waals surface area contributed by atoms with E-state index in [0.29, 0.717) is 17.6 Å². The summed E-state index contributed by atoms with van der Waals surface area (Å²) in [6.45, 7) is 1.92. The monoisotopic (exact) mass is 326 g/mol. The molecule has 2 saturated heterocycles. The van der Waals surface area contributed by atoms with Gasteiger partial charge in [-0.25, -0.2) is 4.79 Å². The predicted molar refractivity (Wildman–Crippen MR) is 88.8 cm³/mol. The van der Waals surface area contributed by atoms with E-state index in [1.54, 1.807) is 12.1 Å². The minimum Gasteiger partial charge on any atom is -0.458 e. The molecule has 5 nitrogen and oxygen atoms in total. The predicted octanol–water partition coefficient (Wildman–Crippen LogP) is 3.16. The van der Waals surface area contributed by atoms with E-state index in [1.165, 1.54) is 0 Å². The molecular weight excluding hydrogens is 304 g/mol. The van der Waals surface area contributed by atoms with Gasteiger partial charge < -0.3 is 9.26 Å². The fraction of sp³-hybridized carbons (Fsp3) is 0.474. The number of fused-ring (bicyclic) bond motifs is 2. The van der Waals surface area contributed by atoms with Gasteiger partial charge in [0, 0.05) is 24.6 Å². The molecule has 1 aromatic carbocycles. The second-order valence-electron chi connectivity index (χ2n) is 6.91. The Kier molecular flexibility index (Phi) is 3.88. The van der Waals surface area contributed by atoms with Gasteiger partial charge in [0.1, 0.15) is 11.9 Å². The van der Waals surface area contributed by atoms with Crippen molar-refractivity contribution in [3.05, 3.63) is 53.4 Å². The number of rotatable bonds is 3. The van der Waals surface area contributed by atoms with Crippen molar-refractivity contribution >= 4 is 5.97 Å². The van der Waals surface area contributed by atoms with Gasteiger partial charge in [0.2, 0.25) is 0 Å². The molecule has 24 heavy (non-hydrogen) atoms. The summed E-state index contributed by atoms with van der Waals surface area (Å²) < 4.78 is 11.5. The first-order chi connectivity index (χ1) is 11.6. The van der Waals surface area contributed by atoms with Gasteiger partial charge in [0.25, 0.3) is 0 Å². The Morgan fingerprint density at radius 3 is 2.79 bits per heavy atom. The second kappa shape index (κ2) is 6.06. The summed E-state index contributed by atoms with van der Waals surface area (Å²) >= 11 is 0. The number of nitrogens with zero attached hydrogens (tertiary/aromatic N) is 2. The van der Waals surface area contributed by atoms with Crippen LogP contribution in [0.3, 0.4) is 0 Å². The fourth-order valence-corrected chi connectivity index (χ4v) is 4.24. The molecule has 2 aliphatic rings. The summed E-state index contributed by atoms with van der Waals surface area (Å²) in [6.07, 6.45) is 2.92. The van der Waals surface area contributed by atoms with Crippen molar-refractivity contribution in [2.24, 2.45) is 0 Å². The molecule has 2 fully saturated rings. The number of likely N-dealkylation sites (N-methyl/N-ethyl adjacent to an activating group) is 1. The lowest BCUT2D eigenvalue weighted by atomic mass is 9.85. The van der Waals surface area contributed by atoms with Crippen molar-refractivity contribution in [1.82, 2.24) is 10.1 Å². The van der Waals surface area contributed by atoms with Crippen molar-refractivity contribution in [2.75, 3.05) is 7.05 Å². The van der Waals surface area contributed by atoms with Gasteiger partial charge in [-0.15, -0.1) is 0 Å². The molecule has 0 amide bonds. The van der Waals surface area contributed by atoms with Crippen LogP contribution in [0.2, 0.25) is 0 Å². The molecular formula is C19H22N2O3. The molecule has 0 spiro atoms. The van der Waals surface area contributed by atoms with Gasteiger partial charge in [-0.1, -0.05) is 23.4 Å². The summed E-state index contributed by atoms with van der Waals surface area (Å²) in [7, 11) is 2.16. The number of aromatic nitrogens is 1. The maximum atomic E-state index is 12.5. The van der Waals surface area contributed by atoms with E-state index in [9.17, 15) is 4.79 Å². The Morgan fingerprint density at radius 2 is 2.08 bits per heavy atom. The van der Waals surface area contributed by atoms with E-state index >= 15 is 0 Å². The molecule has 0 saturated carbocycles. The molecule has 1 aromatic heterocycles. The topological polar surface area (TPSA) is 55.6 Å². The van der Waals surface area contributed by atoms with Crippen LogP contribution in [0.25, 0.3) is 0 Å². The molecule has 0 radical (unpaired) electrons. The zero-order chi connectivity index (χ0) is 16.7. The minimum absolute atomic E-state index is 0.0441. The average molecular weight is 326 g/mol. The van der Waals surface area contributed by atoms with Crippen molar-refractivity contribution < 1.29 is 14.1 Å². The lowest BCUT2D eigenvalue weighted by molar-refractivity contribution is -0.0177. The number of hydrogen-bond acceptors (Lipinski definition) is 5. The van der Waals surface area contributed by atoms with Crippen molar-refractivity contribution in [1.29, 1.82) is 0 Å². The third kappa shape index (κ3) is 2.63. The second-order valence-corrected chi connectivity index (χ2v) is 6.91. The van der Waals surface area contributed by atoms with Crippen LogP contribution in [0.1, 0.15) is 47.0 Å². The van der Waals surface area contributed by atoms with Crippen molar-refractivity contribution in [3.63, 3.8) is 0 Å². The fourth-order valence-electron chi connectivity index (χ4n) is 4.24. The van der Waals surface area contributed by atoms with Crippen LogP contribution in [0.15, 0.2) is 40.9 Å². The van der Waals surface area contributed by atoms with E-state index in [2.05, 4.69) is 17.1 Å². The van der Waals surface area contributed by atoms with Crippen LogP contribution in [0.5, 0.6) is 0 Å². The number of ether oxygens (including phenoxy) is 1. The van der Waals surface area contributed by atoms with E-state index in [-0.39, 0.29) is 18.0 Å². The third-order valence-corrected chi connectivity index (χ3v) is 5.46. The maximum absolute atomic E-state index is 12.5. The molecule has 4 rings (SSSR count). The van der Waals surface area contributed by atoms with E-state index in [0.717, 1.165) is 30.7 Å². The normalized spacial score (nSPS) is 29.6. The Balaban J connectivity index is 1.61. The number of carbonyl (C=O) groups is 1. The van der Waals surface area contributed by atoms with Crippen LogP contribution in [0.4, 0.5) is 0 Å². The quantitative estimate of drug-likeness (QED) is 0.811. The standard InChI is InChI=1S/C19H22N2O3/c1-12-10-17(24-20-12)18-15-9-8-14(21(15)2)11-16(18)23-19(22)13-6-4-3-5-7-13/h3-7,10,14-16,18H,8-9,11H2,1-2H3/t14-,15?,16+,18?/m1/s1. The number of piperidine rings is 1. The Morgan fingerprint density at radius 1 is 1.29 bits per heavy atom. The molecule has 0 N–H and O–H groups in total. The maximum Gasteiger partial charge on any atom is 0.338 e. The largest absolute Gasteiger partial charge is 0.458 e. The number of benzene rings is 1. The van der Waals surface area contributed by atoms with E-state index in [1.807, 2.05) is 31.2 Å². The number of aryl methyl sites for hydroxylation is 1. The first-order valence-electron chi connectivity index (χ1n) is 8.54. The van der Waals surface area contributed by atoms with Gasteiger partial charge in [-0.05, 0) is 38.9 Å². The summed E-state index contributed by atoms with van der Waals surface area (Å²) in [5.41, 5.74) is 1.46. The van der Waals surface area contributed by atoms with Crippen LogP contribution >= 0.6 is 0 Å². The number of esters is 1. The van der Waals surface area contributed by atoms with Crippen molar-refractivity contribution in [3.8, 4) is 0 Å². The first kappa shape index (κ1) is 15.4. The Labute approximate surface area is 141 Å².